The highest BCUT2D eigenvalue weighted by Gasteiger charge is 2.73. The van der Waals surface area contributed by atoms with Gasteiger partial charge in [0.25, 0.3) is 5.91 Å². The Bertz CT molecular complexity index is 2380. The number of amides is 5. The Morgan fingerprint density at radius 3 is 2.44 bits per heavy atom. The summed E-state index contributed by atoms with van der Waals surface area (Å²) < 4.78 is 0. The second kappa shape index (κ2) is 15.4. The van der Waals surface area contributed by atoms with E-state index < -0.39 is 29.0 Å². The number of fused-ring (bicyclic) bond motifs is 4. The molecule has 4 atom stereocenters. The minimum atomic E-state index is -1.01. The number of aryl methyl sites for hydroxylation is 1. The molecule has 4 aliphatic heterocycles. The molecule has 0 aromatic heterocycles. The van der Waals surface area contributed by atoms with Crippen molar-refractivity contribution in [3.8, 4) is 0 Å². The molecule has 1 aliphatic carbocycles. The number of carbonyl (C=O) groups excluding carboxylic acids is 5. The van der Waals surface area contributed by atoms with Crippen molar-refractivity contribution in [2.45, 2.75) is 93.3 Å². The van der Waals surface area contributed by atoms with E-state index in [9.17, 15) is 24.0 Å². The van der Waals surface area contributed by atoms with Crippen molar-refractivity contribution in [3.63, 3.8) is 0 Å². The maximum Gasteiger partial charge on any atom is 0.251 e. The van der Waals surface area contributed by atoms with Gasteiger partial charge in [0.1, 0.15) is 11.5 Å². The molecule has 4 aromatic carbocycles. The number of carbonyl (C=O) groups is 5. The van der Waals surface area contributed by atoms with Gasteiger partial charge in [-0.1, -0.05) is 79.2 Å². The number of anilines is 2. The number of piperidine rings is 1. The van der Waals surface area contributed by atoms with Gasteiger partial charge in [-0.05, 0) is 104 Å². The Morgan fingerprint density at radius 1 is 0.898 bits per heavy atom. The van der Waals surface area contributed by atoms with Gasteiger partial charge in [-0.2, -0.15) is 0 Å². The molecule has 5 N–H and O–H groups in total. The molecule has 3 fully saturated rings. The summed E-state index contributed by atoms with van der Waals surface area (Å²) in [6.45, 7) is 5.41. The third-order valence-electron chi connectivity index (χ3n) is 13.3. The van der Waals surface area contributed by atoms with Crippen molar-refractivity contribution in [3.05, 3.63) is 136 Å². The third-order valence-corrected chi connectivity index (χ3v) is 13.6. The van der Waals surface area contributed by atoms with Gasteiger partial charge in [-0.15, -0.1) is 0 Å². The summed E-state index contributed by atoms with van der Waals surface area (Å²) in [5.74, 6) is -1.52. The molecular weight excluding hydrogens is 764 g/mol. The van der Waals surface area contributed by atoms with Gasteiger partial charge in [0, 0.05) is 64.2 Å². The Kier molecular flexibility index (Phi) is 10.1. The summed E-state index contributed by atoms with van der Waals surface area (Å²) in [6, 6.07) is 27.4. The maximum atomic E-state index is 14.3. The molecule has 302 valence electrons. The normalized spacial score (nSPS) is 23.7. The summed E-state index contributed by atoms with van der Waals surface area (Å²) in [4.78, 5) is 68.0. The summed E-state index contributed by atoms with van der Waals surface area (Å²) in [5, 5.41) is 15.9. The van der Waals surface area contributed by atoms with Gasteiger partial charge < -0.3 is 20.9 Å². The number of hydrogen-bond donors (Lipinski definition) is 5. The molecular formula is C47H47ClN6O5. The number of unbranched alkanes of at least 4 members (excludes halogenated alkanes) is 2. The lowest BCUT2D eigenvalue weighted by Gasteiger charge is -2.50. The minimum Gasteiger partial charge on any atom is -0.355 e. The molecule has 2 spiro atoms. The first-order valence-electron chi connectivity index (χ1n) is 20.6. The van der Waals surface area contributed by atoms with Crippen molar-refractivity contribution in [2.75, 3.05) is 17.2 Å². The first-order chi connectivity index (χ1) is 28.6. The molecule has 12 heteroatoms. The molecule has 2 saturated heterocycles. The van der Waals surface area contributed by atoms with Crippen LogP contribution >= 0.6 is 11.6 Å². The monoisotopic (exact) mass is 810 g/mol. The van der Waals surface area contributed by atoms with Crippen LogP contribution in [0.2, 0.25) is 5.02 Å². The Hall–Kier alpha value is -5.78. The second-order valence-corrected chi connectivity index (χ2v) is 17.0. The standard InChI is InChI=1S/C47H47ClN6O5/c1-28-34-14-8-13-29(35(34)27-54(28)38-21-22-39(55)52-43(38)57)10-6-3-7-25-49-42(56)31-15-18-33(19-16-31)50-44(58)41-40(30-11-4-2-5-12-30)47(46(53-41)23-9-24-46)36-20-17-32(48)26-37(36)51-45(47)59/h2,4-5,8,11-20,26,38,40-41,53H,1,3,6-7,9-10,21-25,27H2,(H,49,56)(H,50,58)(H,51,59)(H,52,55,57)/t38?,40-,41+,47+/m0/s1. The molecule has 0 bridgehead atoms. The quantitative estimate of drug-likeness (QED) is 0.0850. The van der Waals surface area contributed by atoms with Crippen LogP contribution in [0, 0.1) is 0 Å². The number of benzene rings is 4. The number of rotatable bonds is 11. The molecule has 9 rings (SSSR count). The summed E-state index contributed by atoms with van der Waals surface area (Å²) in [7, 11) is 0. The van der Waals surface area contributed by atoms with Crippen LogP contribution < -0.4 is 26.6 Å². The van der Waals surface area contributed by atoms with Gasteiger partial charge in [0.05, 0.1) is 6.04 Å². The summed E-state index contributed by atoms with van der Waals surface area (Å²) >= 11 is 6.37. The number of halogens is 1. The maximum absolute atomic E-state index is 14.3. The van der Waals surface area contributed by atoms with E-state index in [-0.39, 0.29) is 29.5 Å². The van der Waals surface area contributed by atoms with Gasteiger partial charge in [0.2, 0.25) is 23.6 Å². The third kappa shape index (κ3) is 6.60. The van der Waals surface area contributed by atoms with E-state index >= 15 is 0 Å². The molecule has 59 heavy (non-hydrogen) atoms. The Morgan fingerprint density at radius 2 is 1.69 bits per heavy atom. The lowest BCUT2D eigenvalue weighted by molar-refractivity contribution is -0.136. The van der Waals surface area contributed by atoms with Crippen molar-refractivity contribution >= 4 is 58.2 Å². The predicted molar refractivity (Wildman–Crippen MR) is 227 cm³/mol. The van der Waals surface area contributed by atoms with E-state index in [0.717, 1.165) is 67.3 Å². The highest BCUT2D eigenvalue weighted by Crippen LogP contribution is 2.64. The highest BCUT2D eigenvalue weighted by atomic mass is 35.5. The molecule has 5 amide bonds. The lowest BCUT2D eigenvalue weighted by atomic mass is 9.53. The number of nitrogens with zero attached hydrogens (tertiary/aromatic N) is 1. The molecule has 5 aliphatic rings. The van der Waals surface area contributed by atoms with Crippen molar-refractivity contribution in [1.82, 2.24) is 20.9 Å². The summed E-state index contributed by atoms with van der Waals surface area (Å²) in [6.07, 6.45) is 6.86. The van der Waals surface area contributed by atoms with Crippen molar-refractivity contribution < 1.29 is 24.0 Å². The number of hydrogen-bond acceptors (Lipinski definition) is 7. The van der Waals surface area contributed by atoms with E-state index in [1.807, 2.05) is 59.5 Å². The predicted octanol–water partition coefficient (Wildman–Crippen LogP) is 6.58. The fourth-order valence-corrected chi connectivity index (χ4v) is 10.6. The van der Waals surface area contributed by atoms with Crippen LogP contribution in [0.1, 0.15) is 95.5 Å². The number of nitrogens with one attached hydrogen (secondary N) is 5. The van der Waals surface area contributed by atoms with E-state index in [2.05, 4.69) is 39.2 Å². The number of imide groups is 1. The average Bonchev–Trinajstić information content (AvgIpc) is 3.84. The second-order valence-electron chi connectivity index (χ2n) is 16.5. The zero-order valence-corrected chi connectivity index (χ0v) is 33.5. The topological polar surface area (TPSA) is 149 Å². The smallest absolute Gasteiger partial charge is 0.251 e. The fourth-order valence-electron chi connectivity index (χ4n) is 10.4. The molecule has 11 nitrogen and oxygen atoms in total. The van der Waals surface area contributed by atoms with Crippen LogP contribution in [0.3, 0.4) is 0 Å². The minimum absolute atomic E-state index is 0.118. The van der Waals surface area contributed by atoms with Crippen LogP contribution in [-0.2, 0) is 37.6 Å². The van der Waals surface area contributed by atoms with E-state index in [0.29, 0.717) is 47.9 Å². The molecule has 1 saturated carbocycles. The van der Waals surface area contributed by atoms with Crippen LogP contribution in [-0.4, -0.2) is 58.6 Å². The van der Waals surface area contributed by atoms with Crippen molar-refractivity contribution in [2.24, 2.45) is 0 Å². The van der Waals surface area contributed by atoms with Crippen molar-refractivity contribution in [1.29, 1.82) is 0 Å². The lowest BCUT2D eigenvalue weighted by Crippen LogP contribution is -2.63. The Labute approximate surface area is 348 Å². The van der Waals surface area contributed by atoms with E-state index in [4.69, 9.17) is 11.6 Å². The molecule has 1 unspecified atom stereocenters. The first-order valence-corrected chi connectivity index (χ1v) is 21.0. The zero-order valence-electron chi connectivity index (χ0n) is 32.7. The zero-order chi connectivity index (χ0) is 40.9. The largest absolute Gasteiger partial charge is 0.355 e. The van der Waals surface area contributed by atoms with Crippen LogP contribution in [0.4, 0.5) is 11.4 Å². The first kappa shape index (κ1) is 38.7. The molecule has 0 radical (unpaired) electrons. The Balaban J connectivity index is 0.800. The SMILES string of the molecule is C=C1c2cccc(CCCCCNC(=O)c3ccc(NC(=O)[C@@H]4NC5(CCC5)[C@@]5(C(=O)Nc6cc(Cl)ccc65)[C@H]4c4ccccc4)cc3)c2CN1C1CCC(=O)NC1=O. The van der Waals surface area contributed by atoms with Gasteiger partial charge in [0.15, 0.2) is 0 Å². The van der Waals surface area contributed by atoms with Gasteiger partial charge >= 0.3 is 0 Å². The molecule has 4 heterocycles. The molecule has 4 aromatic rings. The van der Waals surface area contributed by atoms with Gasteiger partial charge in [-0.25, -0.2) is 0 Å². The van der Waals surface area contributed by atoms with Crippen LogP contribution in [0.25, 0.3) is 5.70 Å². The van der Waals surface area contributed by atoms with Gasteiger partial charge in [-0.3, -0.25) is 34.6 Å². The van der Waals surface area contributed by atoms with E-state index in [1.54, 1.807) is 30.3 Å². The van der Waals surface area contributed by atoms with E-state index in [1.165, 1.54) is 11.1 Å². The van der Waals surface area contributed by atoms with Crippen LogP contribution in [0.15, 0.2) is 97.6 Å². The van der Waals surface area contributed by atoms with Crippen LogP contribution in [0.5, 0.6) is 0 Å². The summed E-state index contributed by atoms with van der Waals surface area (Å²) in [5.41, 5.74) is 6.21. The fraction of sp³-hybridized carbons (Fsp3) is 0.340. The average molecular weight is 811 g/mol. The highest BCUT2D eigenvalue weighted by molar-refractivity contribution is 6.31.